The molecule has 0 aliphatic carbocycles. The van der Waals surface area contributed by atoms with E-state index in [1.54, 1.807) is 24.5 Å². The van der Waals surface area contributed by atoms with Crippen molar-refractivity contribution in [2.24, 2.45) is 0 Å². The Bertz CT molecular complexity index is 758. The monoisotopic (exact) mass is 366 g/mol. The summed E-state index contributed by atoms with van der Waals surface area (Å²) in [6, 6.07) is 13.2. The minimum absolute atomic E-state index is 0.00226. The minimum atomic E-state index is -0.230. The number of piperazine rings is 1. The van der Waals surface area contributed by atoms with Gasteiger partial charge in [0.15, 0.2) is 0 Å². The zero-order chi connectivity index (χ0) is 19.2. The molecule has 1 N–H and O–H groups in total. The van der Waals surface area contributed by atoms with Crippen LogP contribution in [0.1, 0.15) is 35.8 Å². The Balaban J connectivity index is 1.51. The van der Waals surface area contributed by atoms with Crippen LogP contribution in [0.3, 0.4) is 0 Å². The predicted octanol–water partition coefficient (Wildman–Crippen LogP) is 2.11. The molecule has 0 radical (unpaired) electrons. The zero-order valence-corrected chi connectivity index (χ0v) is 15.8. The van der Waals surface area contributed by atoms with Crippen LogP contribution in [0, 0.1) is 0 Å². The number of nitrogens with one attached hydrogen (secondary N) is 1. The molecule has 1 aliphatic heterocycles. The second-order valence-electron chi connectivity index (χ2n) is 6.89. The molecule has 2 aromatic rings. The molecule has 1 aromatic heterocycles. The van der Waals surface area contributed by atoms with Gasteiger partial charge in [0.05, 0.1) is 17.6 Å². The van der Waals surface area contributed by atoms with Gasteiger partial charge >= 0.3 is 0 Å². The van der Waals surface area contributed by atoms with Crippen LogP contribution in [0.15, 0.2) is 54.9 Å². The summed E-state index contributed by atoms with van der Waals surface area (Å²) < 4.78 is 0. The highest BCUT2D eigenvalue weighted by molar-refractivity contribution is 5.94. The first-order valence-corrected chi connectivity index (χ1v) is 9.35. The molecule has 3 rings (SSSR count). The molecule has 1 aromatic carbocycles. The molecule has 0 unspecified atom stereocenters. The molecule has 0 bridgehead atoms. The second-order valence-corrected chi connectivity index (χ2v) is 6.89. The Morgan fingerprint density at radius 1 is 1.00 bits per heavy atom. The fourth-order valence-corrected chi connectivity index (χ4v) is 3.31. The fourth-order valence-electron chi connectivity index (χ4n) is 3.31. The maximum absolute atomic E-state index is 12.6. The predicted molar refractivity (Wildman–Crippen MR) is 104 cm³/mol. The lowest BCUT2D eigenvalue weighted by molar-refractivity contribution is -0.127. The van der Waals surface area contributed by atoms with E-state index in [2.05, 4.69) is 15.2 Å². The highest BCUT2D eigenvalue weighted by Crippen LogP contribution is 2.14. The first-order valence-electron chi connectivity index (χ1n) is 9.35. The van der Waals surface area contributed by atoms with Crippen molar-refractivity contribution >= 4 is 11.8 Å². The van der Waals surface area contributed by atoms with Crippen molar-refractivity contribution in [1.29, 1.82) is 0 Å². The highest BCUT2D eigenvalue weighted by atomic mass is 16.2. The molecule has 0 saturated carbocycles. The topological polar surface area (TPSA) is 65.5 Å². The Hall–Kier alpha value is -2.73. The number of aromatic nitrogens is 1. The molecule has 6 heteroatoms. The summed E-state index contributed by atoms with van der Waals surface area (Å²) in [6.07, 6.45) is 3.25. The van der Waals surface area contributed by atoms with Crippen LogP contribution < -0.4 is 5.32 Å². The Morgan fingerprint density at radius 2 is 1.70 bits per heavy atom. The van der Waals surface area contributed by atoms with E-state index in [0.29, 0.717) is 31.7 Å². The van der Waals surface area contributed by atoms with Crippen LogP contribution in [-0.2, 0) is 4.79 Å². The highest BCUT2D eigenvalue weighted by Gasteiger charge is 2.28. The second kappa shape index (κ2) is 8.77. The molecule has 2 atom stereocenters. The van der Waals surface area contributed by atoms with E-state index in [4.69, 9.17) is 0 Å². The molecule has 2 heterocycles. The maximum Gasteiger partial charge on any atom is 0.255 e. The quantitative estimate of drug-likeness (QED) is 0.880. The normalized spacial score (nSPS) is 17.2. The molecule has 142 valence electrons. The number of carbonyl (C=O) groups excluding carboxylic acids is 2. The smallest absolute Gasteiger partial charge is 0.255 e. The van der Waals surface area contributed by atoms with Crippen molar-refractivity contribution in [2.45, 2.75) is 25.9 Å². The van der Waals surface area contributed by atoms with E-state index in [1.165, 1.54) is 0 Å². The van der Waals surface area contributed by atoms with Gasteiger partial charge in [-0.1, -0.05) is 30.3 Å². The van der Waals surface area contributed by atoms with E-state index >= 15 is 0 Å². The lowest BCUT2D eigenvalue weighted by atomic mass is 10.1. The lowest BCUT2D eigenvalue weighted by Gasteiger charge is -2.37. The average Bonchev–Trinajstić information content (AvgIpc) is 2.74. The van der Waals surface area contributed by atoms with Crippen molar-refractivity contribution in [1.82, 2.24) is 20.1 Å². The minimum Gasteiger partial charge on any atom is -0.348 e. The van der Waals surface area contributed by atoms with Gasteiger partial charge < -0.3 is 10.2 Å². The van der Waals surface area contributed by atoms with E-state index in [9.17, 15) is 9.59 Å². The van der Waals surface area contributed by atoms with Gasteiger partial charge in [-0.05, 0) is 31.5 Å². The first kappa shape index (κ1) is 19.0. The van der Waals surface area contributed by atoms with Gasteiger partial charge in [0.1, 0.15) is 0 Å². The number of hydrogen-bond acceptors (Lipinski definition) is 4. The summed E-state index contributed by atoms with van der Waals surface area (Å²) in [5.74, 6) is 0.0101. The summed E-state index contributed by atoms with van der Waals surface area (Å²) in [5.41, 5.74) is 1.69. The van der Waals surface area contributed by atoms with Crippen LogP contribution >= 0.6 is 0 Å². The molecule has 27 heavy (non-hydrogen) atoms. The third-order valence-electron chi connectivity index (χ3n) is 5.10. The molecule has 1 saturated heterocycles. The standard InChI is InChI=1S/C21H26N4O2/c1-16(18-7-4-3-5-8-18)23-20(26)17(2)24-11-13-25(14-12-24)21(27)19-9-6-10-22-15-19/h3-10,15-17H,11-14H2,1-2H3,(H,23,26)/t16-,17+/m1/s1. The van der Waals surface area contributed by atoms with Crippen molar-refractivity contribution in [3.8, 4) is 0 Å². The van der Waals surface area contributed by atoms with E-state index in [0.717, 1.165) is 5.56 Å². The molecule has 0 spiro atoms. The molecular formula is C21H26N4O2. The summed E-state index contributed by atoms with van der Waals surface area (Å²) in [5, 5.41) is 3.08. The number of hydrogen-bond donors (Lipinski definition) is 1. The summed E-state index contributed by atoms with van der Waals surface area (Å²) >= 11 is 0. The van der Waals surface area contributed by atoms with Crippen LogP contribution in [0.4, 0.5) is 0 Å². The van der Waals surface area contributed by atoms with Gasteiger partial charge in [0.25, 0.3) is 5.91 Å². The zero-order valence-electron chi connectivity index (χ0n) is 15.8. The van der Waals surface area contributed by atoms with Crippen molar-refractivity contribution in [3.63, 3.8) is 0 Å². The lowest BCUT2D eigenvalue weighted by Crippen LogP contribution is -2.55. The number of benzene rings is 1. The number of nitrogens with zero attached hydrogens (tertiary/aromatic N) is 3. The van der Waals surface area contributed by atoms with Crippen molar-refractivity contribution in [2.75, 3.05) is 26.2 Å². The van der Waals surface area contributed by atoms with Crippen LogP contribution in [0.25, 0.3) is 0 Å². The summed E-state index contributed by atoms with van der Waals surface area (Å²) in [6.45, 7) is 6.50. The Morgan fingerprint density at radius 3 is 2.33 bits per heavy atom. The van der Waals surface area contributed by atoms with Crippen molar-refractivity contribution in [3.05, 3.63) is 66.0 Å². The summed E-state index contributed by atoms with van der Waals surface area (Å²) in [7, 11) is 0. The van der Waals surface area contributed by atoms with Crippen LogP contribution in [-0.4, -0.2) is 58.8 Å². The van der Waals surface area contributed by atoms with Gasteiger partial charge in [0.2, 0.25) is 5.91 Å². The molecule has 1 fully saturated rings. The number of pyridine rings is 1. The van der Waals surface area contributed by atoms with Gasteiger partial charge in [-0.2, -0.15) is 0 Å². The van der Waals surface area contributed by atoms with Gasteiger partial charge in [-0.15, -0.1) is 0 Å². The fraction of sp³-hybridized carbons (Fsp3) is 0.381. The number of rotatable bonds is 5. The van der Waals surface area contributed by atoms with E-state index in [-0.39, 0.29) is 23.9 Å². The molecule has 2 amide bonds. The number of amides is 2. The molecule has 6 nitrogen and oxygen atoms in total. The maximum atomic E-state index is 12.6. The van der Waals surface area contributed by atoms with Crippen molar-refractivity contribution < 1.29 is 9.59 Å². The Kier molecular flexibility index (Phi) is 6.19. The first-order chi connectivity index (χ1) is 13.1. The average molecular weight is 366 g/mol. The van der Waals surface area contributed by atoms with Crippen LogP contribution in [0.2, 0.25) is 0 Å². The van der Waals surface area contributed by atoms with Gasteiger partial charge in [-0.3, -0.25) is 19.5 Å². The SMILES string of the molecule is C[C@@H](NC(=O)[C@H](C)N1CCN(C(=O)c2cccnc2)CC1)c1ccccc1. The number of carbonyl (C=O) groups is 2. The van der Waals surface area contributed by atoms with E-state index in [1.807, 2.05) is 49.1 Å². The third kappa shape index (κ3) is 4.71. The molecule has 1 aliphatic rings. The Labute approximate surface area is 160 Å². The largest absolute Gasteiger partial charge is 0.348 e. The summed E-state index contributed by atoms with van der Waals surface area (Å²) in [4.78, 5) is 33.1. The molecular weight excluding hydrogens is 340 g/mol. The van der Waals surface area contributed by atoms with E-state index < -0.39 is 0 Å². The van der Waals surface area contributed by atoms with Gasteiger partial charge in [-0.25, -0.2) is 0 Å². The van der Waals surface area contributed by atoms with Gasteiger partial charge in [0, 0.05) is 38.6 Å². The third-order valence-corrected chi connectivity index (χ3v) is 5.10. The van der Waals surface area contributed by atoms with Crippen LogP contribution in [0.5, 0.6) is 0 Å².